The zero-order chi connectivity index (χ0) is 26.2. The molecule has 0 unspecified atom stereocenters. The van der Waals surface area contributed by atoms with E-state index >= 15 is 0 Å². The van der Waals surface area contributed by atoms with Crippen LogP contribution in [0.15, 0.2) is 54.7 Å². The number of nitrogens with zero attached hydrogens (tertiary/aromatic N) is 4. The normalized spacial score (nSPS) is 16.4. The van der Waals surface area contributed by atoms with Crippen LogP contribution in [0.2, 0.25) is 0 Å². The minimum Gasteiger partial charge on any atom is -0.336 e. The van der Waals surface area contributed by atoms with Gasteiger partial charge in [0.2, 0.25) is 0 Å². The number of nitrogens with one attached hydrogen (secondary N) is 3. The van der Waals surface area contributed by atoms with Crippen LogP contribution in [0.1, 0.15) is 36.8 Å². The molecule has 0 radical (unpaired) electrons. The molecule has 0 bridgehead atoms. The minimum absolute atomic E-state index is 0.240. The number of likely N-dealkylation sites (tertiary alicyclic amines) is 1. The van der Waals surface area contributed by atoms with Crippen LogP contribution in [0.3, 0.4) is 0 Å². The van der Waals surface area contributed by atoms with Crippen molar-refractivity contribution in [2.24, 2.45) is 0 Å². The van der Waals surface area contributed by atoms with Crippen molar-refractivity contribution in [3.8, 4) is 22.8 Å². The van der Waals surface area contributed by atoms with Crippen molar-refractivity contribution >= 4 is 27.5 Å². The summed E-state index contributed by atoms with van der Waals surface area (Å²) in [5.41, 5.74) is 8.28. The van der Waals surface area contributed by atoms with E-state index in [4.69, 9.17) is 4.98 Å². The van der Waals surface area contributed by atoms with Gasteiger partial charge in [0.1, 0.15) is 17.0 Å². The summed E-state index contributed by atoms with van der Waals surface area (Å²) < 4.78 is 14.7. The van der Waals surface area contributed by atoms with Gasteiger partial charge in [0.15, 0.2) is 5.82 Å². The molecule has 3 aromatic heterocycles. The second kappa shape index (κ2) is 10.4. The fourth-order valence-corrected chi connectivity index (χ4v) is 5.98. The molecule has 5 aromatic rings. The van der Waals surface area contributed by atoms with Gasteiger partial charge in [-0.25, -0.2) is 9.37 Å². The number of rotatable bonds is 7. The van der Waals surface area contributed by atoms with E-state index in [-0.39, 0.29) is 5.82 Å². The number of H-pyrrole nitrogens is 2. The summed E-state index contributed by atoms with van der Waals surface area (Å²) in [4.78, 5) is 15.5. The zero-order valence-electron chi connectivity index (χ0n) is 21.9. The highest BCUT2D eigenvalue weighted by molar-refractivity contribution is 5.97. The molecule has 198 valence electrons. The van der Waals surface area contributed by atoms with E-state index < -0.39 is 0 Å². The molecular weight excluding hydrogens is 489 g/mol. The van der Waals surface area contributed by atoms with Gasteiger partial charge < -0.3 is 15.2 Å². The monoisotopic (exact) mass is 521 g/mol. The molecule has 2 aliphatic rings. The first-order chi connectivity index (χ1) is 19.2. The highest BCUT2D eigenvalue weighted by atomic mass is 19.1. The third-order valence-corrected chi connectivity index (χ3v) is 7.99. The van der Waals surface area contributed by atoms with Crippen molar-refractivity contribution in [3.05, 3.63) is 71.7 Å². The third-order valence-electron chi connectivity index (χ3n) is 7.99. The highest BCUT2D eigenvalue weighted by Crippen LogP contribution is 2.33. The van der Waals surface area contributed by atoms with Gasteiger partial charge in [0.25, 0.3) is 0 Å². The molecule has 39 heavy (non-hydrogen) atoms. The molecule has 1 fully saturated rings. The number of aromatic nitrogens is 5. The van der Waals surface area contributed by atoms with Crippen LogP contribution < -0.4 is 5.32 Å². The second-order valence-electron chi connectivity index (χ2n) is 10.7. The van der Waals surface area contributed by atoms with E-state index in [0.29, 0.717) is 11.5 Å². The van der Waals surface area contributed by atoms with Crippen molar-refractivity contribution in [2.45, 2.75) is 32.1 Å². The highest BCUT2D eigenvalue weighted by Gasteiger charge is 2.18. The maximum absolute atomic E-state index is 14.7. The van der Waals surface area contributed by atoms with Crippen molar-refractivity contribution < 1.29 is 4.39 Å². The molecule has 2 aliphatic heterocycles. The number of halogens is 1. The molecule has 0 amide bonds. The Hall–Kier alpha value is -3.88. The average Bonchev–Trinajstić information content (AvgIpc) is 3.72. The summed E-state index contributed by atoms with van der Waals surface area (Å²) in [6.45, 7) is 5.32. The van der Waals surface area contributed by atoms with E-state index in [1.165, 1.54) is 37.1 Å². The predicted octanol–water partition coefficient (Wildman–Crippen LogP) is 5.71. The quantitative estimate of drug-likeness (QED) is 0.255. The van der Waals surface area contributed by atoms with Crippen molar-refractivity contribution in [3.63, 3.8) is 0 Å². The molecule has 7 nitrogen and oxygen atoms in total. The van der Waals surface area contributed by atoms with Gasteiger partial charge in [-0.3, -0.25) is 10.1 Å². The molecule has 7 rings (SSSR count). The molecular formula is C31H32FN7. The van der Waals surface area contributed by atoms with E-state index in [2.05, 4.69) is 60.7 Å². The Morgan fingerprint density at radius 1 is 0.949 bits per heavy atom. The Morgan fingerprint density at radius 3 is 2.74 bits per heavy atom. The molecule has 8 heteroatoms. The number of benzene rings is 2. The van der Waals surface area contributed by atoms with E-state index in [9.17, 15) is 4.39 Å². The Morgan fingerprint density at radius 2 is 1.87 bits per heavy atom. The first-order valence-electron chi connectivity index (χ1n) is 14.0. The smallest absolute Gasteiger partial charge is 0.159 e. The van der Waals surface area contributed by atoms with Gasteiger partial charge in [-0.15, -0.1) is 0 Å². The molecule has 1 saturated heterocycles. The number of aryl methyl sites for hydroxylation is 1. The van der Waals surface area contributed by atoms with Crippen molar-refractivity contribution in [1.82, 2.24) is 35.4 Å². The van der Waals surface area contributed by atoms with Gasteiger partial charge in [-0.05, 0) is 111 Å². The maximum Gasteiger partial charge on any atom is 0.159 e. The molecule has 5 heterocycles. The van der Waals surface area contributed by atoms with E-state index in [1.54, 1.807) is 18.3 Å². The number of hydrogen-bond donors (Lipinski definition) is 3. The summed E-state index contributed by atoms with van der Waals surface area (Å²) in [6.07, 6.45) is 9.45. The summed E-state index contributed by atoms with van der Waals surface area (Å²) in [5, 5.41) is 12.2. The van der Waals surface area contributed by atoms with Gasteiger partial charge in [0.05, 0.1) is 16.7 Å². The van der Waals surface area contributed by atoms with Crippen LogP contribution >= 0.6 is 0 Å². The molecule has 0 atom stereocenters. The molecule has 0 aliphatic carbocycles. The second-order valence-corrected chi connectivity index (χ2v) is 10.7. The topological polar surface area (TPSA) is 85.5 Å². The zero-order valence-corrected chi connectivity index (χ0v) is 21.9. The van der Waals surface area contributed by atoms with E-state index in [1.807, 2.05) is 6.07 Å². The Bertz CT molecular complexity index is 1680. The number of hydrogen-bond acceptors (Lipinski definition) is 5. The fourth-order valence-electron chi connectivity index (χ4n) is 5.98. The molecule has 0 spiro atoms. The summed E-state index contributed by atoms with van der Waals surface area (Å²) in [5.74, 6) is 0.431. The fraction of sp³-hybridized carbons (Fsp3) is 0.323. The third kappa shape index (κ3) is 4.86. The SMILES string of the molecule is Fc1cc(CCCN2CCCC2)cc(-c2nccc3[nH]c(-c4n[nH]c5ccc(C6=CCNCC6)cc45)nc23)c1. The Balaban J connectivity index is 1.22. The Labute approximate surface area is 226 Å². The van der Waals surface area contributed by atoms with Gasteiger partial charge >= 0.3 is 0 Å². The standard InChI is InChI=1S/C31H32FN7/c32-24-17-20(4-3-15-39-13-1-2-14-39)16-23(18-24)28-30-27(9-12-34-28)35-31(36-30)29-25-19-22(5-6-26(25)37-38-29)21-7-10-33-11-8-21/h5-7,9,12,16-19,33H,1-4,8,10-11,13-15H2,(H,35,36)(H,37,38). The lowest BCUT2D eigenvalue weighted by Crippen LogP contribution is -2.20. The largest absolute Gasteiger partial charge is 0.336 e. The first kappa shape index (κ1) is 24.2. The number of aromatic amines is 2. The summed E-state index contributed by atoms with van der Waals surface area (Å²) in [7, 11) is 0. The minimum atomic E-state index is -0.240. The van der Waals surface area contributed by atoms with Crippen LogP contribution in [0.25, 0.3) is 50.3 Å². The van der Waals surface area contributed by atoms with Crippen LogP contribution in [-0.4, -0.2) is 62.8 Å². The summed E-state index contributed by atoms with van der Waals surface area (Å²) in [6, 6.07) is 13.6. The van der Waals surface area contributed by atoms with Crippen LogP contribution in [-0.2, 0) is 6.42 Å². The predicted molar refractivity (Wildman–Crippen MR) is 154 cm³/mol. The molecule has 3 N–H and O–H groups in total. The lowest BCUT2D eigenvalue weighted by molar-refractivity contribution is 0.334. The maximum atomic E-state index is 14.7. The van der Waals surface area contributed by atoms with Gasteiger partial charge in [0, 0.05) is 23.7 Å². The van der Waals surface area contributed by atoms with Crippen LogP contribution in [0, 0.1) is 5.82 Å². The van der Waals surface area contributed by atoms with E-state index in [0.717, 1.165) is 77.7 Å². The van der Waals surface area contributed by atoms with Crippen molar-refractivity contribution in [1.29, 1.82) is 0 Å². The van der Waals surface area contributed by atoms with Crippen LogP contribution in [0.5, 0.6) is 0 Å². The first-order valence-corrected chi connectivity index (χ1v) is 14.0. The van der Waals surface area contributed by atoms with Gasteiger partial charge in [-0.2, -0.15) is 5.10 Å². The summed E-state index contributed by atoms with van der Waals surface area (Å²) >= 11 is 0. The average molecular weight is 522 g/mol. The number of imidazole rings is 1. The van der Waals surface area contributed by atoms with Gasteiger partial charge in [-0.1, -0.05) is 12.1 Å². The van der Waals surface area contributed by atoms with Crippen LogP contribution in [0.4, 0.5) is 4.39 Å². The Kier molecular flexibility index (Phi) is 6.42. The van der Waals surface area contributed by atoms with Crippen molar-refractivity contribution in [2.75, 3.05) is 32.7 Å². The molecule has 2 aromatic carbocycles. The number of fused-ring (bicyclic) bond motifs is 2. The number of pyridine rings is 1. The molecule has 0 saturated carbocycles. The lowest BCUT2D eigenvalue weighted by Gasteiger charge is -2.14. The lowest BCUT2D eigenvalue weighted by atomic mass is 9.98.